The molecule has 1 fully saturated rings. The number of fused-ring (bicyclic) bond motifs is 1. The number of aromatic carboxylic acids is 1. The van der Waals surface area contributed by atoms with Crippen molar-refractivity contribution < 1.29 is 14.6 Å². The van der Waals surface area contributed by atoms with Crippen LogP contribution in [0.3, 0.4) is 0 Å². The zero-order valence-electron chi connectivity index (χ0n) is 11.0. The lowest BCUT2D eigenvalue weighted by molar-refractivity contribution is 0.0124. The van der Waals surface area contributed by atoms with Crippen LogP contribution in [-0.4, -0.2) is 41.8 Å². The second-order valence-corrected chi connectivity index (χ2v) is 5.34. The average molecular weight is 261 g/mol. The molecule has 1 aromatic rings. The molecule has 2 aliphatic rings. The summed E-state index contributed by atoms with van der Waals surface area (Å²) in [5, 5.41) is 9.22. The van der Waals surface area contributed by atoms with Crippen LogP contribution in [0.15, 0.2) is 18.2 Å². The number of carbonyl (C=O) groups is 1. The third-order valence-corrected chi connectivity index (χ3v) is 4.18. The first-order valence-corrected chi connectivity index (χ1v) is 6.91. The van der Waals surface area contributed by atoms with Crippen LogP contribution in [0.2, 0.25) is 0 Å². The Bertz CT molecular complexity index is 480. The van der Waals surface area contributed by atoms with E-state index in [1.54, 1.807) is 6.07 Å². The SMILES string of the molecule is O=C(O)c1cccc2c1CCN(C1CCCOC1)C2. The molecular formula is C15H19NO3. The van der Waals surface area contributed by atoms with Crippen LogP contribution in [0.4, 0.5) is 0 Å². The normalized spacial score (nSPS) is 23.9. The van der Waals surface area contributed by atoms with Gasteiger partial charge in [0.05, 0.1) is 12.2 Å². The molecule has 1 aromatic carbocycles. The zero-order valence-corrected chi connectivity index (χ0v) is 11.0. The number of benzene rings is 1. The van der Waals surface area contributed by atoms with E-state index in [4.69, 9.17) is 4.74 Å². The first-order valence-electron chi connectivity index (χ1n) is 6.91. The highest BCUT2D eigenvalue weighted by Gasteiger charge is 2.27. The summed E-state index contributed by atoms with van der Waals surface area (Å²) in [6.45, 7) is 3.48. The quantitative estimate of drug-likeness (QED) is 0.883. The molecule has 0 spiro atoms. The lowest BCUT2D eigenvalue weighted by Crippen LogP contribution is -2.44. The summed E-state index contributed by atoms with van der Waals surface area (Å²) in [5.74, 6) is -0.814. The fourth-order valence-electron chi connectivity index (χ4n) is 3.16. The minimum absolute atomic E-state index is 0.469. The van der Waals surface area contributed by atoms with Crippen molar-refractivity contribution >= 4 is 5.97 Å². The summed E-state index contributed by atoms with van der Waals surface area (Å²) in [4.78, 5) is 13.7. The Morgan fingerprint density at radius 1 is 1.42 bits per heavy atom. The molecule has 1 saturated heterocycles. The summed E-state index contributed by atoms with van der Waals surface area (Å²) in [7, 11) is 0. The maximum Gasteiger partial charge on any atom is 0.335 e. The predicted molar refractivity (Wildman–Crippen MR) is 71.4 cm³/mol. The maximum absolute atomic E-state index is 11.2. The molecule has 3 rings (SSSR count). The lowest BCUT2D eigenvalue weighted by atomic mass is 9.93. The second-order valence-electron chi connectivity index (χ2n) is 5.34. The highest BCUT2D eigenvalue weighted by Crippen LogP contribution is 2.26. The zero-order chi connectivity index (χ0) is 13.2. The van der Waals surface area contributed by atoms with Crippen LogP contribution < -0.4 is 0 Å². The van der Waals surface area contributed by atoms with Gasteiger partial charge in [-0.1, -0.05) is 12.1 Å². The van der Waals surface area contributed by atoms with Crippen molar-refractivity contribution in [2.45, 2.75) is 31.8 Å². The van der Waals surface area contributed by atoms with E-state index in [-0.39, 0.29) is 0 Å². The van der Waals surface area contributed by atoms with Gasteiger partial charge in [-0.25, -0.2) is 4.79 Å². The monoisotopic (exact) mass is 261 g/mol. The summed E-state index contributed by atoms with van der Waals surface area (Å²) >= 11 is 0. The Balaban J connectivity index is 1.80. The summed E-state index contributed by atoms with van der Waals surface area (Å²) in [6.07, 6.45) is 3.14. The summed E-state index contributed by atoms with van der Waals surface area (Å²) in [5.41, 5.74) is 2.65. The predicted octanol–water partition coefficient (Wildman–Crippen LogP) is 1.92. The highest BCUT2D eigenvalue weighted by atomic mass is 16.5. The van der Waals surface area contributed by atoms with Crippen molar-refractivity contribution in [3.63, 3.8) is 0 Å². The number of hydrogen-bond acceptors (Lipinski definition) is 3. The molecule has 19 heavy (non-hydrogen) atoms. The molecule has 0 amide bonds. The van der Waals surface area contributed by atoms with Crippen LogP contribution in [0.5, 0.6) is 0 Å². The van der Waals surface area contributed by atoms with E-state index in [0.717, 1.165) is 50.3 Å². The third kappa shape index (κ3) is 2.51. The molecule has 2 heterocycles. The van der Waals surface area contributed by atoms with Gasteiger partial charge in [0.1, 0.15) is 0 Å². The van der Waals surface area contributed by atoms with Crippen LogP contribution in [0.1, 0.15) is 34.3 Å². The Morgan fingerprint density at radius 3 is 3.05 bits per heavy atom. The molecule has 2 aliphatic heterocycles. The molecule has 1 atom stereocenters. The van der Waals surface area contributed by atoms with Crippen molar-refractivity contribution in [1.29, 1.82) is 0 Å². The van der Waals surface area contributed by atoms with Gasteiger partial charge in [0.15, 0.2) is 0 Å². The van der Waals surface area contributed by atoms with Crippen molar-refractivity contribution in [2.75, 3.05) is 19.8 Å². The minimum atomic E-state index is -0.814. The van der Waals surface area contributed by atoms with Crippen LogP contribution >= 0.6 is 0 Å². The van der Waals surface area contributed by atoms with Gasteiger partial charge < -0.3 is 9.84 Å². The molecule has 0 radical (unpaired) electrons. The molecule has 0 aliphatic carbocycles. The fourth-order valence-corrected chi connectivity index (χ4v) is 3.16. The van der Waals surface area contributed by atoms with Gasteiger partial charge >= 0.3 is 5.97 Å². The number of ether oxygens (including phenoxy) is 1. The van der Waals surface area contributed by atoms with Gasteiger partial charge in [-0.3, -0.25) is 4.90 Å². The lowest BCUT2D eigenvalue weighted by Gasteiger charge is -2.37. The fraction of sp³-hybridized carbons (Fsp3) is 0.533. The number of hydrogen-bond donors (Lipinski definition) is 1. The van der Waals surface area contributed by atoms with Crippen LogP contribution in [0.25, 0.3) is 0 Å². The first kappa shape index (κ1) is 12.6. The van der Waals surface area contributed by atoms with Gasteiger partial charge in [0, 0.05) is 25.7 Å². The van der Waals surface area contributed by atoms with Crippen LogP contribution in [0, 0.1) is 0 Å². The smallest absolute Gasteiger partial charge is 0.335 e. The van der Waals surface area contributed by atoms with E-state index in [9.17, 15) is 9.90 Å². The van der Waals surface area contributed by atoms with Gasteiger partial charge in [0.2, 0.25) is 0 Å². The Labute approximate surface area is 113 Å². The molecule has 1 unspecified atom stereocenters. The van der Waals surface area contributed by atoms with Gasteiger partial charge in [-0.15, -0.1) is 0 Å². The summed E-state index contributed by atoms with van der Waals surface area (Å²) < 4.78 is 5.55. The summed E-state index contributed by atoms with van der Waals surface area (Å²) in [6, 6.07) is 6.11. The average Bonchev–Trinajstić information content (AvgIpc) is 2.47. The number of carboxylic acid groups (broad SMARTS) is 1. The molecule has 0 saturated carbocycles. The minimum Gasteiger partial charge on any atom is -0.478 e. The Kier molecular flexibility index (Phi) is 3.53. The van der Waals surface area contributed by atoms with Crippen LogP contribution in [-0.2, 0) is 17.7 Å². The molecule has 0 aromatic heterocycles. The van der Waals surface area contributed by atoms with E-state index in [0.29, 0.717) is 11.6 Å². The topological polar surface area (TPSA) is 49.8 Å². The van der Waals surface area contributed by atoms with Crippen molar-refractivity contribution in [3.8, 4) is 0 Å². The second kappa shape index (κ2) is 5.31. The molecular weight excluding hydrogens is 242 g/mol. The maximum atomic E-state index is 11.2. The van der Waals surface area contributed by atoms with Gasteiger partial charge in [-0.2, -0.15) is 0 Å². The van der Waals surface area contributed by atoms with Gasteiger partial charge in [0.25, 0.3) is 0 Å². The number of carboxylic acids is 1. The van der Waals surface area contributed by atoms with E-state index < -0.39 is 5.97 Å². The molecule has 4 heteroatoms. The standard InChI is InChI=1S/C15H19NO3/c17-15(18)14-5-1-3-11-9-16(7-6-13(11)14)12-4-2-8-19-10-12/h1,3,5,12H,2,4,6-10H2,(H,17,18). The largest absolute Gasteiger partial charge is 0.478 e. The Morgan fingerprint density at radius 2 is 2.32 bits per heavy atom. The van der Waals surface area contributed by atoms with E-state index in [1.165, 1.54) is 6.42 Å². The number of nitrogens with zero attached hydrogens (tertiary/aromatic N) is 1. The van der Waals surface area contributed by atoms with E-state index >= 15 is 0 Å². The molecule has 0 bridgehead atoms. The van der Waals surface area contributed by atoms with Crippen molar-refractivity contribution in [2.24, 2.45) is 0 Å². The van der Waals surface area contributed by atoms with Crippen molar-refractivity contribution in [1.82, 2.24) is 4.90 Å². The molecule has 4 nitrogen and oxygen atoms in total. The third-order valence-electron chi connectivity index (χ3n) is 4.18. The first-order chi connectivity index (χ1) is 9.25. The van der Waals surface area contributed by atoms with E-state index in [1.807, 2.05) is 6.07 Å². The van der Waals surface area contributed by atoms with Crippen molar-refractivity contribution in [3.05, 3.63) is 34.9 Å². The van der Waals surface area contributed by atoms with E-state index in [2.05, 4.69) is 11.0 Å². The number of rotatable bonds is 2. The molecule has 1 N–H and O–H groups in total. The highest BCUT2D eigenvalue weighted by molar-refractivity contribution is 5.89. The Hall–Kier alpha value is -1.39. The van der Waals surface area contributed by atoms with Gasteiger partial charge in [-0.05, 0) is 36.5 Å². The molecule has 102 valence electrons.